The number of anilines is 3. The molecule has 0 bridgehead atoms. The highest BCUT2D eigenvalue weighted by atomic mass is 15.1. The summed E-state index contributed by atoms with van der Waals surface area (Å²) >= 11 is 0. The summed E-state index contributed by atoms with van der Waals surface area (Å²) in [5, 5.41) is 2.55. The van der Waals surface area contributed by atoms with Gasteiger partial charge in [-0.25, -0.2) is 0 Å². The third kappa shape index (κ3) is 6.17. The SMILES string of the molecule is CC1(C)c2ccccc2-c2ccc(-c3cccc(N(c4ccc(-c5ccc(-c6ccccc6)cc5)cc4)c4ccc5c(c4)C(C)(C)c4cc(-n6c7ccccc7c7ccccc76)ccc4-5)c3)cc21. The van der Waals surface area contributed by atoms with E-state index in [4.69, 9.17) is 0 Å². The first-order valence-electron chi connectivity index (χ1n) is 23.9. The van der Waals surface area contributed by atoms with Crippen molar-refractivity contribution in [1.82, 2.24) is 4.57 Å². The molecular formula is C66H50N2. The molecule has 2 aliphatic rings. The summed E-state index contributed by atoms with van der Waals surface area (Å²) in [4.78, 5) is 2.45. The number of para-hydroxylation sites is 2. The van der Waals surface area contributed by atoms with E-state index in [1.54, 1.807) is 0 Å². The molecule has 0 spiro atoms. The quantitative estimate of drug-likeness (QED) is 0.155. The number of fused-ring (bicyclic) bond motifs is 9. The van der Waals surface area contributed by atoms with Crippen LogP contribution in [0, 0.1) is 0 Å². The Hall–Kier alpha value is -8.20. The molecule has 324 valence electrons. The first-order valence-corrected chi connectivity index (χ1v) is 23.9. The van der Waals surface area contributed by atoms with Crippen LogP contribution >= 0.6 is 0 Å². The molecule has 0 N–H and O–H groups in total. The Kier molecular flexibility index (Phi) is 8.95. The lowest BCUT2D eigenvalue weighted by molar-refractivity contribution is 0.660. The van der Waals surface area contributed by atoms with Crippen molar-refractivity contribution in [1.29, 1.82) is 0 Å². The number of hydrogen-bond donors (Lipinski definition) is 0. The fourth-order valence-electron chi connectivity index (χ4n) is 11.6. The van der Waals surface area contributed by atoms with Gasteiger partial charge in [-0.05, 0) is 145 Å². The molecule has 1 heterocycles. The van der Waals surface area contributed by atoms with Gasteiger partial charge in [0, 0.05) is 44.4 Å². The topological polar surface area (TPSA) is 8.17 Å². The van der Waals surface area contributed by atoms with Gasteiger partial charge in [0.1, 0.15) is 0 Å². The molecule has 0 fully saturated rings. The van der Waals surface area contributed by atoms with Crippen molar-refractivity contribution in [3.8, 4) is 61.3 Å². The van der Waals surface area contributed by atoms with Crippen LogP contribution in [0.4, 0.5) is 17.1 Å². The molecule has 2 nitrogen and oxygen atoms in total. The molecule has 0 radical (unpaired) electrons. The van der Waals surface area contributed by atoms with Gasteiger partial charge < -0.3 is 9.47 Å². The standard InChI is InChI=1S/C66H50N2/c1-65(2)59-22-11-8-19-53(59)54-36-31-48(40-60(54)65)47-17-14-18-50(39-47)67(49-32-29-46(30-33-49)45-27-25-44(26-28-45)43-15-6-5-7-16-43)51-34-37-55-56-38-35-52(42-62(56)66(3,4)61(55)41-51)68-63-23-12-9-20-57(63)58-21-10-13-24-64(58)68/h5-42H,1-4H3. The summed E-state index contributed by atoms with van der Waals surface area (Å²) in [6, 6.07) is 85.5. The van der Waals surface area contributed by atoms with E-state index < -0.39 is 0 Å². The van der Waals surface area contributed by atoms with Crippen LogP contribution in [0.25, 0.3) is 83.1 Å². The second kappa shape index (κ2) is 15.2. The van der Waals surface area contributed by atoms with Crippen LogP contribution in [-0.4, -0.2) is 4.57 Å². The van der Waals surface area contributed by atoms with Crippen LogP contribution in [-0.2, 0) is 10.8 Å². The molecule has 0 unspecified atom stereocenters. The maximum atomic E-state index is 2.45. The van der Waals surface area contributed by atoms with Crippen molar-refractivity contribution in [2.24, 2.45) is 0 Å². The Labute approximate surface area is 399 Å². The van der Waals surface area contributed by atoms with E-state index in [0.717, 1.165) is 17.1 Å². The molecule has 13 rings (SSSR count). The van der Waals surface area contributed by atoms with E-state index in [9.17, 15) is 0 Å². The molecular weight excluding hydrogens is 821 g/mol. The van der Waals surface area contributed by atoms with E-state index >= 15 is 0 Å². The predicted molar refractivity (Wildman–Crippen MR) is 287 cm³/mol. The number of nitrogens with zero attached hydrogens (tertiary/aromatic N) is 2. The summed E-state index contributed by atoms with van der Waals surface area (Å²) in [5.74, 6) is 0. The fourth-order valence-corrected chi connectivity index (χ4v) is 11.6. The van der Waals surface area contributed by atoms with Crippen molar-refractivity contribution in [2.75, 3.05) is 4.90 Å². The zero-order valence-electron chi connectivity index (χ0n) is 38.8. The molecule has 2 aliphatic carbocycles. The van der Waals surface area contributed by atoms with Crippen molar-refractivity contribution in [3.05, 3.63) is 253 Å². The largest absolute Gasteiger partial charge is 0.310 e. The Morgan fingerprint density at radius 3 is 1.43 bits per heavy atom. The second-order valence-electron chi connectivity index (χ2n) is 19.8. The average Bonchev–Trinajstić information content (AvgIpc) is 3.93. The first kappa shape index (κ1) is 40.1. The number of aromatic nitrogens is 1. The van der Waals surface area contributed by atoms with Crippen LogP contribution in [0.1, 0.15) is 49.9 Å². The minimum atomic E-state index is -0.243. The summed E-state index contributed by atoms with van der Waals surface area (Å²) in [7, 11) is 0. The first-order chi connectivity index (χ1) is 33.2. The lowest BCUT2D eigenvalue weighted by atomic mass is 9.81. The molecule has 0 saturated heterocycles. The predicted octanol–water partition coefficient (Wildman–Crippen LogP) is 17.9. The van der Waals surface area contributed by atoms with Crippen molar-refractivity contribution < 1.29 is 0 Å². The van der Waals surface area contributed by atoms with Gasteiger partial charge in [-0.1, -0.05) is 191 Å². The number of benzene rings is 10. The van der Waals surface area contributed by atoms with E-state index in [2.05, 4.69) is 268 Å². The van der Waals surface area contributed by atoms with Gasteiger partial charge in [0.25, 0.3) is 0 Å². The van der Waals surface area contributed by atoms with Crippen LogP contribution in [0.15, 0.2) is 231 Å². The Bertz CT molecular complexity index is 3720. The zero-order valence-corrected chi connectivity index (χ0v) is 38.8. The lowest BCUT2D eigenvalue weighted by Gasteiger charge is -2.29. The molecule has 68 heavy (non-hydrogen) atoms. The van der Waals surface area contributed by atoms with E-state index in [0.29, 0.717) is 0 Å². The highest BCUT2D eigenvalue weighted by Gasteiger charge is 2.37. The molecule has 1 aromatic heterocycles. The molecule has 0 saturated carbocycles. The zero-order chi connectivity index (χ0) is 45.7. The van der Waals surface area contributed by atoms with E-state index in [1.807, 2.05) is 0 Å². The second-order valence-corrected chi connectivity index (χ2v) is 19.8. The molecule has 11 aromatic rings. The maximum absolute atomic E-state index is 2.45. The lowest BCUT2D eigenvalue weighted by Crippen LogP contribution is -2.17. The van der Waals surface area contributed by atoms with Crippen molar-refractivity contribution in [3.63, 3.8) is 0 Å². The molecule has 0 amide bonds. The molecule has 0 aliphatic heterocycles. The monoisotopic (exact) mass is 870 g/mol. The van der Waals surface area contributed by atoms with Gasteiger partial charge in [-0.2, -0.15) is 0 Å². The Morgan fingerprint density at radius 1 is 0.294 bits per heavy atom. The number of rotatable bonds is 7. The van der Waals surface area contributed by atoms with Crippen LogP contribution in [0.2, 0.25) is 0 Å². The smallest absolute Gasteiger partial charge is 0.0541 e. The van der Waals surface area contributed by atoms with Crippen LogP contribution in [0.3, 0.4) is 0 Å². The normalized spacial score (nSPS) is 13.8. The fraction of sp³-hybridized carbons (Fsp3) is 0.0909. The summed E-state index contributed by atoms with van der Waals surface area (Å²) in [5.41, 5.74) is 24.7. The van der Waals surface area contributed by atoms with Gasteiger partial charge in [-0.15, -0.1) is 0 Å². The highest BCUT2D eigenvalue weighted by Crippen LogP contribution is 2.53. The Morgan fingerprint density at radius 2 is 0.735 bits per heavy atom. The third-order valence-electron chi connectivity index (χ3n) is 15.2. The molecule has 0 atom stereocenters. The van der Waals surface area contributed by atoms with Gasteiger partial charge in [0.15, 0.2) is 0 Å². The van der Waals surface area contributed by atoms with Crippen molar-refractivity contribution >= 4 is 38.9 Å². The molecule has 2 heteroatoms. The minimum absolute atomic E-state index is 0.0752. The average molecular weight is 871 g/mol. The van der Waals surface area contributed by atoms with Gasteiger partial charge in [-0.3, -0.25) is 0 Å². The van der Waals surface area contributed by atoms with E-state index in [1.165, 1.54) is 105 Å². The minimum Gasteiger partial charge on any atom is -0.310 e. The molecule has 10 aromatic carbocycles. The van der Waals surface area contributed by atoms with Crippen molar-refractivity contribution in [2.45, 2.75) is 38.5 Å². The van der Waals surface area contributed by atoms with E-state index in [-0.39, 0.29) is 10.8 Å². The third-order valence-corrected chi connectivity index (χ3v) is 15.2. The summed E-state index contributed by atoms with van der Waals surface area (Å²) < 4.78 is 2.44. The van der Waals surface area contributed by atoms with Crippen LogP contribution < -0.4 is 4.90 Å². The highest BCUT2D eigenvalue weighted by molar-refractivity contribution is 6.09. The van der Waals surface area contributed by atoms with Gasteiger partial charge >= 0.3 is 0 Å². The van der Waals surface area contributed by atoms with Crippen LogP contribution in [0.5, 0.6) is 0 Å². The summed E-state index contributed by atoms with van der Waals surface area (Å²) in [6.07, 6.45) is 0. The maximum Gasteiger partial charge on any atom is 0.0541 e. The number of hydrogen-bond acceptors (Lipinski definition) is 1. The van der Waals surface area contributed by atoms with Gasteiger partial charge in [0.2, 0.25) is 0 Å². The van der Waals surface area contributed by atoms with Gasteiger partial charge in [0.05, 0.1) is 11.0 Å². The Balaban J connectivity index is 0.909. The summed E-state index contributed by atoms with van der Waals surface area (Å²) in [6.45, 7) is 9.51.